The largest absolute Gasteiger partial charge is 0.535 e. The van der Waals surface area contributed by atoms with Gasteiger partial charge in [0.2, 0.25) is 5.56 Å². The summed E-state index contributed by atoms with van der Waals surface area (Å²) in [7, 11) is -0.998. The van der Waals surface area contributed by atoms with Crippen LogP contribution in [0.3, 0.4) is 0 Å². The average Bonchev–Trinajstić information content (AvgIpc) is 2.60. The summed E-state index contributed by atoms with van der Waals surface area (Å²) >= 11 is 0. The summed E-state index contributed by atoms with van der Waals surface area (Å²) in [5, 5.41) is 19.3. The van der Waals surface area contributed by atoms with Gasteiger partial charge < -0.3 is 24.5 Å². The number of halogens is 1. The van der Waals surface area contributed by atoms with Crippen molar-refractivity contribution in [1.82, 2.24) is 9.88 Å². The van der Waals surface area contributed by atoms with Gasteiger partial charge in [-0.3, -0.25) is 9.69 Å². The summed E-state index contributed by atoms with van der Waals surface area (Å²) in [6.07, 6.45) is 2.56. The van der Waals surface area contributed by atoms with Gasteiger partial charge in [0.15, 0.2) is 0 Å². The molecule has 2 aromatic rings. The van der Waals surface area contributed by atoms with Gasteiger partial charge in [0, 0.05) is 31.9 Å². The number of carboxylic acids is 1. The predicted molar refractivity (Wildman–Crippen MR) is 105 cm³/mol. The highest BCUT2D eigenvalue weighted by Crippen LogP contribution is 2.37. The molecule has 4 rings (SSSR count). The molecule has 0 spiro atoms. The number of hydrogen-bond acceptors (Lipinski definition) is 6. The highest BCUT2D eigenvalue weighted by atomic mass is 35.5. The Morgan fingerprint density at radius 3 is 2.79 bits per heavy atom. The molecule has 2 aliphatic rings. The van der Waals surface area contributed by atoms with Gasteiger partial charge in [0.25, 0.3) is 0 Å². The third-order valence-corrected chi connectivity index (χ3v) is 4.80. The summed E-state index contributed by atoms with van der Waals surface area (Å²) < 4.78 is 11.3. The van der Waals surface area contributed by atoms with Crippen LogP contribution in [0.15, 0.2) is 35.3 Å². The number of aromatic amines is 1. The molecular formula is C18H20BClN2O6. The fourth-order valence-electron chi connectivity index (χ4n) is 3.42. The number of aromatic carboxylic acids is 1. The fourth-order valence-corrected chi connectivity index (χ4v) is 3.42. The molecule has 3 heterocycles. The Bertz CT molecular complexity index is 910. The Kier molecular flexibility index (Phi) is 5.97. The molecule has 0 bridgehead atoms. The lowest BCUT2D eigenvalue weighted by atomic mass is 9.78. The van der Waals surface area contributed by atoms with Crippen molar-refractivity contribution >= 4 is 25.5 Å². The number of likely N-dealkylation sites (tertiary alicyclic amines) is 1. The fraction of sp³-hybridized carbons (Fsp3) is 0.333. The molecule has 28 heavy (non-hydrogen) atoms. The number of carbonyl (C=O) groups is 1. The molecule has 1 fully saturated rings. The molecule has 3 N–H and O–H groups in total. The third kappa shape index (κ3) is 4.16. The lowest BCUT2D eigenvalue weighted by Gasteiger charge is -2.39. The zero-order valence-corrected chi connectivity index (χ0v) is 15.8. The number of carboxylic acid groups (broad SMARTS) is 1. The quantitative estimate of drug-likeness (QED) is 0.639. The summed E-state index contributed by atoms with van der Waals surface area (Å²) in [6.45, 7) is 1.99. The first-order valence-corrected chi connectivity index (χ1v) is 8.80. The van der Waals surface area contributed by atoms with Crippen molar-refractivity contribution < 1.29 is 24.3 Å². The zero-order chi connectivity index (χ0) is 19.0. The van der Waals surface area contributed by atoms with E-state index in [2.05, 4.69) is 9.88 Å². The van der Waals surface area contributed by atoms with Gasteiger partial charge in [-0.15, -0.1) is 12.4 Å². The number of fused-ring (bicyclic) bond motifs is 1. The molecule has 0 amide bonds. The monoisotopic (exact) mass is 406 g/mol. The molecule has 148 valence electrons. The van der Waals surface area contributed by atoms with Crippen LogP contribution in [0.5, 0.6) is 11.5 Å². The normalized spacial score (nSPS) is 16.4. The first-order valence-electron chi connectivity index (χ1n) is 8.80. The van der Waals surface area contributed by atoms with Crippen LogP contribution in [0.2, 0.25) is 6.32 Å². The van der Waals surface area contributed by atoms with Crippen LogP contribution in [-0.4, -0.2) is 52.3 Å². The van der Waals surface area contributed by atoms with Gasteiger partial charge in [-0.2, -0.15) is 0 Å². The van der Waals surface area contributed by atoms with Crippen LogP contribution in [0.1, 0.15) is 21.5 Å². The number of ether oxygens (including phenoxy) is 1. The van der Waals surface area contributed by atoms with E-state index in [1.807, 2.05) is 0 Å². The van der Waals surface area contributed by atoms with Crippen molar-refractivity contribution in [3.05, 3.63) is 57.5 Å². The van der Waals surface area contributed by atoms with E-state index < -0.39 is 13.1 Å². The number of pyridine rings is 1. The topological polar surface area (TPSA) is 112 Å². The predicted octanol–water partition coefficient (Wildman–Crippen LogP) is 1.17. The molecule has 8 nitrogen and oxygen atoms in total. The van der Waals surface area contributed by atoms with E-state index in [1.165, 1.54) is 6.07 Å². The maximum Gasteiger partial charge on any atom is 0.522 e. The standard InChI is InChI=1S/C18H19BN2O6.ClH/c22-15-4-1-11(7-20-15)8-21-9-13(10-21)26-14-3-2-12-5-6-19(25)27-17(12)16(14)18(23)24;/h1-4,7,13,25H,5-6,8-10H2,(H,20,22)(H,23,24);1H. The Hall–Kier alpha value is -2.49. The van der Waals surface area contributed by atoms with E-state index in [-0.39, 0.29) is 41.1 Å². The third-order valence-electron chi connectivity index (χ3n) is 4.80. The lowest BCUT2D eigenvalue weighted by molar-refractivity contribution is 0.0134. The minimum atomic E-state index is -1.14. The molecule has 0 radical (unpaired) electrons. The minimum absolute atomic E-state index is 0. The summed E-state index contributed by atoms with van der Waals surface area (Å²) in [5.41, 5.74) is 1.59. The van der Waals surface area contributed by atoms with Crippen LogP contribution in [0, 0.1) is 0 Å². The number of rotatable bonds is 5. The number of H-pyrrole nitrogens is 1. The highest BCUT2D eigenvalue weighted by molar-refractivity contribution is 6.44. The number of nitrogens with one attached hydrogen (secondary N) is 1. The van der Waals surface area contributed by atoms with Crippen molar-refractivity contribution in [2.75, 3.05) is 13.1 Å². The smallest absolute Gasteiger partial charge is 0.522 e. The molecule has 1 aromatic heterocycles. The summed E-state index contributed by atoms with van der Waals surface area (Å²) in [4.78, 5) is 27.6. The molecule has 2 aliphatic heterocycles. The van der Waals surface area contributed by atoms with Gasteiger partial charge in [0.05, 0.1) is 0 Å². The lowest BCUT2D eigenvalue weighted by Crippen LogP contribution is -2.53. The van der Waals surface area contributed by atoms with Crippen LogP contribution >= 0.6 is 12.4 Å². The molecule has 10 heteroatoms. The Balaban J connectivity index is 0.00000225. The molecule has 0 aliphatic carbocycles. The van der Waals surface area contributed by atoms with E-state index in [0.717, 1.165) is 11.1 Å². The molecule has 0 atom stereocenters. The summed E-state index contributed by atoms with van der Waals surface area (Å²) in [5.74, 6) is -0.687. The SMILES string of the molecule is Cl.O=C(O)c1c(OC2CN(Cc3ccc(=O)[nH]c3)C2)ccc2c1OB(O)CC2. The number of benzene rings is 1. The highest BCUT2D eigenvalue weighted by Gasteiger charge is 2.33. The van der Waals surface area contributed by atoms with E-state index >= 15 is 0 Å². The van der Waals surface area contributed by atoms with Crippen LogP contribution in [0.25, 0.3) is 0 Å². The number of aromatic nitrogens is 1. The maximum absolute atomic E-state index is 11.7. The van der Waals surface area contributed by atoms with Gasteiger partial charge >= 0.3 is 13.1 Å². The molecular weight excluding hydrogens is 386 g/mol. The second-order valence-electron chi connectivity index (χ2n) is 6.84. The number of aryl methyl sites for hydroxylation is 1. The zero-order valence-electron chi connectivity index (χ0n) is 15.0. The Morgan fingerprint density at radius 1 is 1.32 bits per heavy atom. The van der Waals surface area contributed by atoms with E-state index in [4.69, 9.17) is 9.39 Å². The van der Waals surface area contributed by atoms with Crippen molar-refractivity contribution in [2.45, 2.75) is 25.4 Å². The Labute approximate surface area is 167 Å². The maximum atomic E-state index is 11.7. The minimum Gasteiger partial charge on any atom is -0.535 e. The van der Waals surface area contributed by atoms with Crippen molar-refractivity contribution in [3.63, 3.8) is 0 Å². The first-order chi connectivity index (χ1) is 13.0. The van der Waals surface area contributed by atoms with E-state index in [0.29, 0.717) is 32.4 Å². The Morgan fingerprint density at radius 2 is 2.11 bits per heavy atom. The second-order valence-corrected chi connectivity index (χ2v) is 6.84. The molecule has 1 saturated heterocycles. The van der Waals surface area contributed by atoms with Gasteiger partial charge in [-0.05, 0) is 29.9 Å². The van der Waals surface area contributed by atoms with Crippen LogP contribution < -0.4 is 15.0 Å². The van der Waals surface area contributed by atoms with Gasteiger partial charge in [0.1, 0.15) is 23.2 Å². The number of nitrogens with zero attached hydrogens (tertiary/aromatic N) is 1. The second kappa shape index (κ2) is 8.26. The van der Waals surface area contributed by atoms with Crippen LogP contribution in [0.4, 0.5) is 0 Å². The van der Waals surface area contributed by atoms with Crippen molar-refractivity contribution in [3.8, 4) is 11.5 Å². The summed E-state index contributed by atoms with van der Waals surface area (Å²) in [6, 6.07) is 6.72. The van der Waals surface area contributed by atoms with E-state index in [9.17, 15) is 19.7 Å². The average molecular weight is 407 g/mol. The number of hydrogen-bond donors (Lipinski definition) is 3. The molecule has 0 saturated carbocycles. The van der Waals surface area contributed by atoms with Crippen molar-refractivity contribution in [1.29, 1.82) is 0 Å². The van der Waals surface area contributed by atoms with Crippen LogP contribution in [-0.2, 0) is 13.0 Å². The van der Waals surface area contributed by atoms with Gasteiger partial charge in [-0.1, -0.05) is 12.1 Å². The first kappa shape index (κ1) is 20.3. The van der Waals surface area contributed by atoms with E-state index in [1.54, 1.807) is 24.4 Å². The molecule has 0 unspecified atom stereocenters. The molecule has 1 aromatic carbocycles. The van der Waals surface area contributed by atoms with Crippen molar-refractivity contribution in [2.24, 2.45) is 0 Å². The van der Waals surface area contributed by atoms with Gasteiger partial charge in [-0.25, -0.2) is 4.79 Å².